The van der Waals surface area contributed by atoms with Crippen LogP contribution in [-0.2, 0) is 9.47 Å². The van der Waals surface area contributed by atoms with Gasteiger partial charge in [0.1, 0.15) is 5.65 Å². The van der Waals surface area contributed by atoms with E-state index in [0.29, 0.717) is 22.5 Å². The van der Waals surface area contributed by atoms with Gasteiger partial charge >= 0.3 is 11.9 Å². The van der Waals surface area contributed by atoms with Crippen molar-refractivity contribution < 1.29 is 23.9 Å². The van der Waals surface area contributed by atoms with E-state index in [1.807, 2.05) is 19.1 Å². The lowest BCUT2D eigenvalue weighted by atomic mass is 10.1. The van der Waals surface area contributed by atoms with Gasteiger partial charge in [0.05, 0.1) is 18.4 Å². The molecule has 3 heterocycles. The molecule has 0 spiro atoms. The van der Waals surface area contributed by atoms with E-state index in [1.165, 1.54) is 7.11 Å². The van der Waals surface area contributed by atoms with E-state index in [0.717, 1.165) is 5.69 Å². The molecule has 0 aliphatic heterocycles. The summed E-state index contributed by atoms with van der Waals surface area (Å²) in [6, 6.07) is 5.50. The number of carbonyl (C=O) groups is 3. The Balaban J connectivity index is 1.74. The molecule has 3 aromatic heterocycles. The zero-order valence-electron chi connectivity index (χ0n) is 15.5. The van der Waals surface area contributed by atoms with Gasteiger partial charge in [-0.15, -0.1) is 0 Å². The molecule has 0 saturated carbocycles. The van der Waals surface area contributed by atoms with Crippen LogP contribution in [0, 0.1) is 20.8 Å². The Morgan fingerprint density at radius 1 is 1.15 bits per heavy atom. The lowest BCUT2D eigenvalue weighted by molar-refractivity contribution is 0.0468. The summed E-state index contributed by atoms with van der Waals surface area (Å²) in [7, 11) is 1.27. The number of nitrogens with one attached hydrogen (secondary N) is 1. The third kappa shape index (κ3) is 3.33. The van der Waals surface area contributed by atoms with Crippen molar-refractivity contribution in [1.82, 2.24) is 14.4 Å². The number of pyridine rings is 1. The quantitative estimate of drug-likeness (QED) is 0.547. The maximum atomic E-state index is 12.4. The molecule has 0 amide bonds. The summed E-state index contributed by atoms with van der Waals surface area (Å²) in [4.78, 5) is 43.5. The second-order valence-electron chi connectivity index (χ2n) is 6.14. The van der Waals surface area contributed by atoms with Crippen molar-refractivity contribution in [3.05, 3.63) is 58.3 Å². The minimum absolute atomic E-state index is 0.117. The van der Waals surface area contributed by atoms with Crippen molar-refractivity contribution >= 4 is 23.4 Å². The first-order valence-electron chi connectivity index (χ1n) is 8.26. The zero-order chi connectivity index (χ0) is 19.7. The van der Waals surface area contributed by atoms with Crippen LogP contribution in [0.1, 0.15) is 48.3 Å². The number of rotatable bonds is 5. The molecule has 27 heavy (non-hydrogen) atoms. The van der Waals surface area contributed by atoms with Gasteiger partial charge in [-0.3, -0.25) is 4.79 Å². The molecule has 0 aromatic carbocycles. The minimum Gasteiger partial charge on any atom is -0.465 e. The molecule has 0 aliphatic rings. The predicted octanol–water partition coefficient (Wildman–Crippen LogP) is 2.41. The zero-order valence-corrected chi connectivity index (χ0v) is 15.5. The van der Waals surface area contributed by atoms with E-state index in [2.05, 4.69) is 9.97 Å². The van der Waals surface area contributed by atoms with Crippen molar-refractivity contribution in [3.63, 3.8) is 0 Å². The van der Waals surface area contributed by atoms with Crippen LogP contribution >= 0.6 is 0 Å². The second kappa shape index (κ2) is 7.06. The summed E-state index contributed by atoms with van der Waals surface area (Å²) < 4.78 is 11.6. The lowest BCUT2D eigenvalue weighted by Gasteiger charge is -2.03. The number of hydrogen-bond donors (Lipinski definition) is 1. The summed E-state index contributed by atoms with van der Waals surface area (Å²) >= 11 is 0. The molecule has 0 atom stereocenters. The van der Waals surface area contributed by atoms with Gasteiger partial charge in [0.25, 0.3) is 0 Å². The first-order valence-corrected chi connectivity index (χ1v) is 8.26. The number of methoxy groups -OCH3 is 1. The fourth-order valence-electron chi connectivity index (χ4n) is 2.96. The number of aromatic nitrogens is 3. The maximum absolute atomic E-state index is 12.4. The van der Waals surface area contributed by atoms with Gasteiger partial charge in [-0.25, -0.2) is 14.6 Å². The topological polar surface area (TPSA) is 103 Å². The van der Waals surface area contributed by atoms with Crippen molar-refractivity contribution in [2.75, 3.05) is 13.7 Å². The molecule has 3 aromatic rings. The Morgan fingerprint density at radius 2 is 1.89 bits per heavy atom. The van der Waals surface area contributed by atoms with Crippen LogP contribution in [0.25, 0.3) is 5.65 Å². The molecule has 0 radical (unpaired) electrons. The van der Waals surface area contributed by atoms with E-state index in [1.54, 1.807) is 30.5 Å². The monoisotopic (exact) mass is 369 g/mol. The van der Waals surface area contributed by atoms with E-state index in [4.69, 9.17) is 9.47 Å². The summed E-state index contributed by atoms with van der Waals surface area (Å²) in [6.07, 6.45) is 1.57. The van der Waals surface area contributed by atoms with Crippen molar-refractivity contribution in [3.8, 4) is 0 Å². The smallest absolute Gasteiger partial charge is 0.359 e. The second-order valence-corrected chi connectivity index (χ2v) is 6.14. The standard InChI is InChI=1S/C19H19N3O5/c1-10-6-5-7-15-21-13(8-22(10)15)18(24)27-9-14(23)17-11(2)16(12(3)20-17)19(25)26-4/h5-8,20H,9H2,1-4H3. The molecule has 0 unspecified atom stereocenters. The molecular weight excluding hydrogens is 350 g/mol. The first kappa shape index (κ1) is 18.4. The van der Waals surface area contributed by atoms with Gasteiger partial charge in [-0.2, -0.15) is 0 Å². The molecule has 8 heteroatoms. The Kier molecular flexibility index (Phi) is 4.81. The van der Waals surface area contributed by atoms with Gasteiger partial charge in [0, 0.05) is 17.6 Å². The Labute approximate surface area is 155 Å². The highest BCUT2D eigenvalue weighted by Gasteiger charge is 2.23. The summed E-state index contributed by atoms with van der Waals surface area (Å²) in [5.41, 5.74) is 3.16. The molecule has 0 fully saturated rings. The number of aromatic amines is 1. The van der Waals surface area contributed by atoms with Gasteiger partial charge in [0.15, 0.2) is 12.3 Å². The third-order valence-corrected chi connectivity index (χ3v) is 4.35. The highest BCUT2D eigenvalue weighted by atomic mass is 16.5. The highest BCUT2D eigenvalue weighted by molar-refractivity contribution is 6.03. The normalized spacial score (nSPS) is 10.8. The minimum atomic E-state index is -0.694. The molecular formula is C19H19N3O5. The predicted molar refractivity (Wildman–Crippen MR) is 96.1 cm³/mol. The number of H-pyrrole nitrogens is 1. The highest BCUT2D eigenvalue weighted by Crippen LogP contribution is 2.19. The van der Waals surface area contributed by atoms with Crippen LogP contribution in [-0.4, -0.2) is 45.8 Å². The molecule has 140 valence electrons. The van der Waals surface area contributed by atoms with Crippen LogP contribution in [0.3, 0.4) is 0 Å². The summed E-state index contributed by atoms with van der Waals surface area (Å²) in [5.74, 6) is -1.67. The first-order chi connectivity index (χ1) is 12.8. The molecule has 1 N–H and O–H groups in total. The largest absolute Gasteiger partial charge is 0.465 e. The maximum Gasteiger partial charge on any atom is 0.359 e. The van der Waals surface area contributed by atoms with Crippen molar-refractivity contribution in [1.29, 1.82) is 0 Å². The molecule has 0 saturated heterocycles. The Bertz CT molecular complexity index is 1060. The number of carbonyl (C=O) groups excluding carboxylic acids is 3. The number of imidazole rings is 1. The number of ether oxygens (including phenoxy) is 2. The number of aryl methyl sites for hydroxylation is 2. The van der Waals surface area contributed by atoms with E-state index in [-0.39, 0.29) is 11.4 Å². The van der Waals surface area contributed by atoms with Gasteiger partial charge in [-0.1, -0.05) is 6.07 Å². The van der Waals surface area contributed by atoms with Gasteiger partial charge in [0.2, 0.25) is 5.78 Å². The Hall–Kier alpha value is -3.42. The van der Waals surface area contributed by atoms with Gasteiger partial charge < -0.3 is 18.9 Å². The SMILES string of the molecule is COC(=O)c1c(C)[nH]c(C(=O)COC(=O)c2cn3c(C)cccc3n2)c1C. The molecule has 0 bridgehead atoms. The average molecular weight is 369 g/mol. The molecule has 0 aliphatic carbocycles. The lowest BCUT2D eigenvalue weighted by Crippen LogP contribution is -2.16. The van der Waals surface area contributed by atoms with Crippen LogP contribution in [0.4, 0.5) is 0 Å². The van der Waals surface area contributed by atoms with Crippen molar-refractivity contribution in [2.24, 2.45) is 0 Å². The van der Waals surface area contributed by atoms with E-state index < -0.39 is 24.3 Å². The summed E-state index contributed by atoms with van der Waals surface area (Å²) in [5, 5.41) is 0. The summed E-state index contributed by atoms with van der Waals surface area (Å²) in [6.45, 7) is 4.73. The van der Waals surface area contributed by atoms with Crippen LogP contribution in [0.5, 0.6) is 0 Å². The van der Waals surface area contributed by atoms with E-state index in [9.17, 15) is 14.4 Å². The fraction of sp³-hybridized carbons (Fsp3) is 0.263. The van der Waals surface area contributed by atoms with Crippen molar-refractivity contribution in [2.45, 2.75) is 20.8 Å². The Morgan fingerprint density at radius 3 is 2.56 bits per heavy atom. The number of hydrogen-bond acceptors (Lipinski definition) is 6. The van der Waals surface area contributed by atoms with Crippen LogP contribution in [0.2, 0.25) is 0 Å². The molecule has 8 nitrogen and oxygen atoms in total. The average Bonchev–Trinajstić information content (AvgIpc) is 3.21. The number of Topliss-reactive ketones (excluding diaryl/α,β-unsaturated/α-hetero) is 1. The number of fused-ring (bicyclic) bond motifs is 1. The number of esters is 2. The van der Waals surface area contributed by atoms with Crippen LogP contribution < -0.4 is 0 Å². The number of ketones is 1. The van der Waals surface area contributed by atoms with Crippen LogP contribution in [0.15, 0.2) is 24.4 Å². The molecule has 3 rings (SSSR count). The number of nitrogens with zero attached hydrogens (tertiary/aromatic N) is 2. The van der Waals surface area contributed by atoms with Gasteiger partial charge in [-0.05, 0) is 38.5 Å². The fourth-order valence-corrected chi connectivity index (χ4v) is 2.96. The van der Waals surface area contributed by atoms with E-state index >= 15 is 0 Å². The third-order valence-electron chi connectivity index (χ3n) is 4.35.